The minimum absolute atomic E-state index is 0.0346. The molecule has 0 spiro atoms. The molecule has 0 saturated carbocycles. The number of benzene rings is 2. The Morgan fingerprint density at radius 3 is 2.61 bits per heavy atom. The summed E-state index contributed by atoms with van der Waals surface area (Å²) in [6.07, 6.45) is 1.14. The predicted octanol–water partition coefficient (Wildman–Crippen LogP) is 5.83. The van der Waals surface area contributed by atoms with E-state index >= 15 is 0 Å². The van der Waals surface area contributed by atoms with E-state index in [1.165, 1.54) is 12.1 Å². The van der Waals surface area contributed by atoms with Crippen molar-refractivity contribution in [1.82, 2.24) is 5.32 Å². The average molecular weight is 483 g/mol. The normalized spacial score (nSPS) is 20.3. The lowest BCUT2D eigenvalue weighted by atomic mass is 9.68. The Balaban J connectivity index is 1.83. The second-order valence-corrected chi connectivity index (χ2v) is 9.83. The van der Waals surface area contributed by atoms with Gasteiger partial charge in [0.15, 0.2) is 5.78 Å². The molecule has 2 aliphatic rings. The van der Waals surface area contributed by atoms with Crippen LogP contribution in [0, 0.1) is 11.2 Å². The molecule has 0 saturated heterocycles. The molecule has 0 bridgehead atoms. The topological polar surface area (TPSA) is 58.2 Å². The van der Waals surface area contributed by atoms with Gasteiger partial charge in [-0.1, -0.05) is 54.0 Å². The van der Waals surface area contributed by atoms with Crippen LogP contribution in [0.2, 0.25) is 0 Å². The summed E-state index contributed by atoms with van der Waals surface area (Å²) in [5.41, 5.74) is 3.38. The van der Waals surface area contributed by atoms with Crippen molar-refractivity contribution in [2.75, 3.05) is 5.32 Å². The molecule has 6 heteroatoms. The van der Waals surface area contributed by atoms with Crippen molar-refractivity contribution in [3.05, 3.63) is 86.9 Å². The Morgan fingerprint density at radius 2 is 1.90 bits per heavy atom. The first-order valence-corrected chi connectivity index (χ1v) is 11.0. The zero-order valence-corrected chi connectivity index (χ0v) is 19.3. The lowest BCUT2D eigenvalue weighted by molar-refractivity contribution is -0.118. The van der Waals surface area contributed by atoms with Crippen molar-refractivity contribution in [1.29, 1.82) is 0 Å². The van der Waals surface area contributed by atoms with Crippen molar-refractivity contribution in [3.63, 3.8) is 0 Å². The number of anilines is 1. The first-order valence-electron chi connectivity index (χ1n) is 10.2. The van der Waals surface area contributed by atoms with Gasteiger partial charge in [-0.15, -0.1) is 0 Å². The average Bonchev–Trinajstić information content (AvgIpc) is 2.67. The highest BCUT2D eigenvalue weighted by Gasteiger charge is 2.42. The molecule has 160 valence electrons. The SMILES string of the molecule is CC1=C(C(=O)Nc2ccccc2F)[C@@H](c2cccc(Br)c2)C2=C(CC(C)(C)CC2=O)N1. The van der Waals surface area contributed by atoms with E-state index in [2.05, 4.69) is 40.4 Å². The number of halogens is 2. The molecular weight excluding hydrogens is 459 g/mol. The van der Waals surface area contributed by atoms with Crippen LogP contribution in [0.3, 0.4) is 0 Å². The fraction of sp³-hybridized carbons (Fsp3) is 0.280. The van der Waals surface area contributed by atoms with Gasteiger partial charge in [0.1, 0.15) is 5.82 Å². The maximum absolute atomic E-state index is 14.2. The zero-order chi connectivity index (χ0) is 22.3. The predicted molar refractivity (Wildman–Crippen MR) is 123 cm³/mol. The first-order chi connectivity index (χ1) is 14.7. The van der Waals surface area contributed by atoms with Crippen molar-refractivity contribution < 1.29 is 14.0 Å². The molecule has 1 amide bonds. The van der Waals surface area contributed by atoms with Gasteiger partial charge >= 0.3 is 0 Å². The summed E-state index contributed by atoms with van der Waals surface area (Å²) in [6, 6.07) is 13.7. The van der Waals surface area contributed by atoms with Gasteiger partial charge in [-0.3, -0.25) is 9.59 Å². The fourth-order valence-electron chi connectivity index (χ4n) is 4.51. The summed E-state index contributed by atoms with van der Waals surface area (Å²) in [5.74, 6) is -1.42. The summed E-state index contributed by atoms with van der Waals surface area (Å²) in [4.78, 5) is 26.7. The van der Waals surface area contributed by atoms with Crippen molar-refractivity contribution >= 4 is 33.3 Å². The maximum atomic E-state index is 14.2. The highest BCUT2D eigenvalue weighted by molar-refractivity contribution is 9.10. The second-order valence-electron chi connectivity index (χ2n) is 8.92. The lowest BCUT2D eigenvalue weighted by Gasteiger charge is -2.39. The Morgan fingerprint density at radius 1 is 1.16 bits per heavy atom. The number of hydrogen-bond donors (Lipinski definition) is 2. The van der Waals surface area contributed by atoms with Crippen LogP contribution in [0.4, 0.5) is 10.1 Å². The number of ketones is 1. The summed E-state index contributed by atoms with van der Waals surface area (Å²) < 4.78 is 15.0. The van der Waals surface area contributed by atoms with E-state index in [1.807, 2.05) is 31.2 Å². The number of carbonyl (C=O) groups is 2. The molecule has 31 heavy (non-hydrogen) atoms. The number of para-hydroxylation sites is 1. The number of allylic oxidation sites excluding steroid dienone is 3. The first kappa shape index (κ1) is 21.5. The molecule has 1 aliphatic heterocycles. The summed E-state index contributed by atoms with van der Waals surface area (Å²) >= 11 is 3.50. The zero-order valence-electron chi connectivity index (χ0n) is 17.7. The molecule has 2 aromatic rings. The number of dihydropyridines is 1. The maximum Gasteiger partial charge on any atom is 0.254 e. The largest absolute Gasteiger partial charge is 0.362 e. The van der Waals surface area contributed by atoms with Gasteiger partial charge in [-0.2, -0.15) is 0 Å². The van der Waals surface area contributed by atoms with Crippen LogP contribution in [0.1, 0.15) is 45.1 Å². The van der Waals surface area contributed by atoms with Gasteiger partial charge in [-0.25, -0.2) is 4.39 Å². The Hall–Kier alpha value is -2.73. The van der Waals surface area contributed by atoms with Crippen LogP contribution >= 0.6 is 15.9 Å². The van der Waals surface area contributed by atoms with Gasteiger partial charge in [0, 0.05) is 39.4 Å². The molecule has 4 rings (SSSR count). The number of nitrogens with one attached hydrogen (secondary N) is 2. The van der Waals surface area contributed by atoms with Crippen molar-refractivity contribution in [3.8, 4) is 0 Å². The minimum Gasteiger partial charge on any atom is -0.362 e. The third kappa shape index (κ3) is 4.22. The molecular formula is C25H24BrFN2O2. The monoisotopic (exact) mass is 482 g/mol. The van der Waals surface area contributed by atoms with Crippen molar-refractivity contribution in [2.24, 2.45) is 5.41 Å². The Kier molecular flexibility index (Phi) is 5.60. The molecule has 1 atom stereocenters. The highest BCUT2D eigenvalue weighted by Crippen LogP contribution is 2.47. The van der Waals surface area contributed by atoms with Gasteiger partial charge in [-0.05, 0) is 48.6 Å². The van der Waals surface area contributed by atoms with E-state index in [9.17, 15) is 14.0 Å². The molecule has 1 heterocycles. The van der Waals surface area contributed by atoms with E-state index in [0.29, 0.717) is 23.3 Å². The third-order valence-electron chi connectivity index (χ3n) is 5.79. The molecule has 0 aromatic heterocycles. The van der Waals surface area contributed by atoms with E-state index in [4.69, 9.17) is 0 Å². The molecule has 0 fully saturated rings. The third-order valence-corrected chi connectivity index (χ3v) is 6.28. The van der Waals surface area contributed by atoms with Gasteiger partial charge in [0.2, 0.25) is 0 Å². The van der Waals surface area contributed by atoms with Gasteiger partial charge in [0.25, 0.3) is 5.91 Å². The van der Waals surface area contributed by atoms with Crippen LogP contribution in [-0.2, 0) is 9.59 Å². The van der Waals surface area contributed by atoms with Crippen LogP contribution in [0.15, 0.2) is 75.5 Å². The van der Waals surface area contributed by atoms with Gasteiger partial charge < -0.3 is 10.6 Å². The number of amides is 1. The van der Waals surface area contributed by atoms with E-state index < -0.39 is 17.6 Å². The van der Waals surface area contributed by atoms with Gasteiger partial charge in [0.05, 0.1) is 5.69 Å². The van der Waals surface area contributed by atoms with Crippen molar-refractivity contribution in [2.45, 2.75) is 39.5 Å². The number of Topliss-reactive ketones (excluding diaryl/α,β-unsaturated/α-hetero) is 1. The van der Waals surface area contributed by atoms with E-state index in [0.717, 1.165) is 22.2 Å². The lowest BCUT2D eigenvalue weighted by Crippen LogP contribution is -2.39. The number of hydrogen-bond acceptors (Lipinski definition) is 3. The minimum atomic E-state index is -0.524. The molecule has 0 unspecified atom stereocenters. The molecule has 2 aromatic carbocycles. The fourth-order valence-corrected chi connectivity index (χ4v) is 4.93. The molecule has 1 aliphatic carbocycles. The van der Waals surface area contributed by atoms with Crippen LogP contribution in [0.25, 0.3) is 0 Å². The molecule has 0 radical (unpaired) electrons. The molecule has 4 nitrogen and oxygen atoms in total. The Bertz CT molecular complexity index is 1150. The van der Waals surface area contributed by atoms with E-state index in [-0.39, 0.29) is 16.9 Å². The summed E-state index contributed by atoms with van der Waals surface area (Å²) in [7, 11) is 0. The van der Waals surface area contributed by atoms with Crippen LogP contribution < -0.4 is 10.6 Å². The highest BCUT2D eigenvalue weighted by atomic mass is 79.9. The number of carbonyl (C=O) groups excluding carboxylic acids is 2. The quantitative estimate of drug-likeness (QED) is 0.578. The standard InChI is InChI=1S/C25H24BrFN2O2/c1-14-21(24(31)29-18-10-5-4-9-17(18)27)22(15-7-6-8-16(26)11-15)23-19(28-14)12-25(2,3)13-20(23)30/h4-11,22,28H,12-13H2,1-3H3,(H,29,31)/t22-/m1/s1. The second kappa shape index (κ2) is 8.08. The summed E-state index contributed by atoms with van der Waals surface area (Å²) in [6.45, 7) is 5.98. The molecule has 2 N–H and O–H groups in total. The summed E-state index contributed by atoms with van der Waals surface area (Å²) in [5, 5.41) is 6.02. The van der Waals surface area contributed by atoms with Crippen LogP contribution in [0.5, 0.6) is 0 Å². The van der Waals surface area contributed by atoms with Crippen LogP contribution in [-0.4, -0.2) is 11.7 Å². The number of rotatable bonds is 3. The Labute approximate surface area is 189 Å². The smallest absolute Gasteiger partial charge is 0.254 e. The van der Waals surface area contributed by atoms with E-state index in [1.54, 1.807) is 12.1 Å².